The molecule has 0 aromatic rings. The zero-order chi connectivity index (χ0) is 15.1. The summed E-state index contributed by atoms with van der Waals surface area (Å²) in [5.41, 5.74) is 0.508. The first-order valence-corrected chi connectivity index (χ1v) is 8.97. The van der Waals surface area contributed by atoms with Gasteiger partial charge in [0, 0.05) is 0 Å². The largest absolute Gasteiger partial charge is 0.373 e. The minimum absolute atomic E-state index is 0.508. The van der Waals surface area contributed by atoms with Crippen LogP contribution in [0.2, 0.25) is 0 Å². The molecule has 122 valence electrons. The summed E-state index contributed by atoms with van der Waals surface area (Å²) in [6, 6.07) is 0. The molecule has 21 heavy (non-hydrogen) atoms. The molecule has 2 aliphatic heterocycles. The second-order valence-electron chi connectivity index (χ2n) is 7.98. The van der Waals surface area contributed by atoms with Gasteiger partial charge < -0.3 is 9.47 Å². The zero-order valence-corrected chi connectivity index (χ0v) is 14.3. The van der Waals surface area contributed by atoms with Gasteiger partial charge in [0.05, 0.1) is 24.9 Å². The van der Waals surface area contributed by atoms with E-state index in [9.17, 15) is 0 Å². The van der Waals surface area contributed by atoms with Crippen LogP contribution < -0.4 is 0 Å². The van der Waals surface area contributed by atoms with E-state index in [1.54, 1.807) is 0 Å². The average Bonchev–Trinajstić information content (AvgIpc) is 3.29. The van der Waals surface area contributed by atoms with Crippen molar-refractivity contribution in [1.82, 2.24) is 0 Å². The van der Waals surface area contributed by atoms with E-state index >= 15 is 0 Å². The van der Waals surface area contributed by atoms with Crippen LogP contribution in [-0.4, -0.2) is 24.9 Å². The van der Waals surface area contributed by atoms with Crippen LogP contribution in [0.5, 0.6) is 0 Å². The van der Waals surface area contributed by atoms with Crippen molar-refractivity contribution < 1.29 is 9.47 Å². The van der Waals surface area contributed by atoms with Crippen molar-refractivity contribution in [2.75, 3.05) is 6.61 Å². The van der Waals surface area contributed by atoms with E-state index in [4.69, 9.17) is 9.47 Å². The smallest absolute Gasteiger partial charge is 0.0876 e. The topological polar surface area (TPSA) is 25.1 Å². The van der Waals surface area contributed by atoms with Crippen LogP contribution in [0.25, 0.3) is 0 Å². The van der Waals surface area contributed by atoms with E-state index < -0.39 is 0 Å². The molecule has 0 bridgehead atoms. The molecule has 0 amide bonds. The molecular formula is C19H34O2. The van der Waals surface area contributed by atoms with Crippen LogP contribution in [0.3, 0.4) is 0 Å². The van der Waals surface area contributed by atoms with Crippen molar-refractivity contribution >= 4 is 0 Å². The summed E-state index contributed by atoms with van der Waals surface area (Å²) in [5, 5.41) is 0. The summed E-state index contributed by atoms with van der Waals surface area (Å²) in [4.78, 5) is 0. The van der Waals surface area contributed by atoms with E-state index in [-0.39, 0.29) is 0 Å². The number of unbranched alkanes of at least 4 members (excludes halogenated alkanes) is 4. The first kappa shape index (κ1) is 17.0. The molecule has 0 aromatic heterocycles. The third kappa shape index (κ3) is 8.63. The monoisotopic (exact) mass is 294 g/mol. The maximum atomic E-state index is 5.73. The fourth-order valence-corrected chi connectivity index (χ4v) is 2.85. The van der Waals surface area contributed by atoms with Crippen LogP contribution in [0.1, 0.15) is 78.6 Å². The molecule has 0 aliphatic carbocycles. The highest BCUT2D eigenvalue weighted by Gasteiger charge is 2.36. The molecule has 3 atom stereocenters. The molecule has 2 heterocycles. The summed E-state index contributed by atoms with van der Waals surface area (Å²) in [6.07, 6.45) is 17.9. The Morgan fingerprint density at radius 2 is 1.57 bits per heavy atom. The molecule has 0 aromatic carbocycles. The second kappa shape index (κ2) is 8.33. The molecule has 2 nitrogen and oxygen atoms in total. The highest BCUT2D eigenvalue weighted by atomic mass is 16.6. The maximum absolute atomic E-state index is 5.73. The summed E-state index contributed by atoms with van der Waals surface area (Å²) in [6.45, 7) is 7.97. The van der Waals surface area contributed by atoms with Crippen molar-refractivity contribution in [1.29, 1.82) is 0 Å². The first-order valence-electron chi connectivity index (χ1n) is 8.97. The van der Waals surface area contributed by atoms with Crippen LogP contribution >= 0.6 is 0 Å². The van der Waals surface area contributed by atoms with Gasteiger partial charge in [0.2, 0.25) is 0 Å². The Balaban J connectivity index is 1.34. The molecule has 3 unspecified atom stereocenters. The number of epoxide rings is 2. The third-order valence-corrected chi connectivity index (χ3v) is 4.44. The predicted molar refractivity (Wildman–Crippen MR) is 88.5 cm³/mol. The fraction of sp³-hybridized carbons (Fsp3) is 0.895. The van der Waals surface area contributed by atoms with Gasteiger partial charge in [-0.15, -0.1) is 0 Å². The van der Waals surface area contributed by atoms with Gasteiger partial charge in [0.25, 0.3) is 0 Å². The molecule has 2 heteroatoms. The lowest BCUT2D eigenvalue weighted by atomic mass is 9.89. The Hall–Kier alpha value is -0.340. The molecule has 2 fully saturated rings. The van der Waals surface area contributed by atoms with Crippen LogP contribution in [-0.2, 0) is 9.47 Å². The lowest BCUT2D eigenvalue weighted by Crippen LogP contribution is -2.03. The van der Waals surface area contributed by atoms with Gasteiger partial charge in [-0.3, -0.25) is 0 Å². The third-order valence-electron chi connectivity index (χ3n) is 4.44. The Morgan fingerprint density at radius 3 is 2.29 bits per heavy atom. The predicted octanol–water partition coefficient (Wildman–Crippen LogP) is 5.27. The minimum Gasteiger partial charge on any atom is -0.373 e. The standard InChI is InChI=1S/C19H34O2/c1-19(2,3)14-10-6-4-5-7-12-17-18(21-17)13-9-8-11-16-15-20-16/h8-9,16-18H,4-7,10-15H2,1-3H3. The van der Waals surface area contributed by atoms with Crippen molar-refractivity contribution in [2.45, 2.75) is 96.9 Å². The van der Waals surface area contributed by atoms with E-state index in [0.29, 0.717) is 23.7 Å². The van der Waals surface area contributed by atoms with Crippen molar-refractivity contribution in [3.63, 3.8) is 0 Å². The summed E-state index contributed by atoms with van der Waals surface area (Å²) in [7, 11) is 0. The number of ether oxygens (including phenoxy) is 2. The Labute approximate surface area is 131 Å². The SMILES string of the molecule is CC(C)(C)CCCCCCCC1OC1CC=CCC1CO1. The lowest BCUT2D eigenvalue weighted by Gasteiger charge is -2.17. The zero-order valence-electron chi connectivity index (χ0n) is 14.3. The van der Waals surface area contributed by atoms with Crippen LogP contribution in [0, 0.1) is 5.41 Å². The van der Waals surface area contributed by atoms with Crippen LogP contribution in [0.4, 0.5) is 0 Å². The summed E-state index contributed by atoms with van der Waals surface area (Å²) in [5.74, 6) is 0. The molecular weight excluding hydrogens is 260 g/mol. The summed E-state index contributed by atoms with van der Waals surface area (Å²) < 4.78 is 10.9. The highest BCUT2D eigenvalue weighted by molar-refractivity contribution is 4.95. The van der Waals surface area contributed by atoms with Crippen molar-refractivity contribution in [3.05, 3.63) is 12.2 Å². The van der Waals surface area contributed by atoms with E-state index in [1.807, 2.05) is 0 Å². The van der Waals surface area contributed by atoms with E-state index in [0.717, 1.165) is 19.4 Å². The molecule has 0 radical (unpaired) electrons. The molecule has 2 aliphatic rings. The van der Waals surface area contributed by atoms with Crippen LogP contribution in [0.15, 0.2) is 12.2 Å². The molecule has 0 spiro atoms. The van der Waals surface area contributed by atoms with Gasteiger partial charge in [-0.05, 0) is 31.1 Å². The van der Waals surface area contributed by atoms with Gasteiger partial charge in [-0.25, -0.2) is 0 Å². The molecule has 0 N–H and O–H groups in total. The van der Waals surface area contributed by atoms with Gasteiger partial charge in [0.1, 0.15) is 0 Å². The molecule has 2 saturated heterocycles. The quantitative estimate of drug-likeness (QED) is 0.295. The normalized spacial score (nSPS) is 28.2. The first-order chi connectivity index (χ1) is 10.0. The lowest BCUT2D eigenvalue weighted by molar-refractivity contribution is 0.350. The van der Waals surface area contributed by atoms with Crippen molar-refractivity contribution in [3.8, 4) is 0 Å². The van der Waals surface area contributed by atoms with Gasteiger partial charge in [0.15, 0.2) is 0 Å². The second-order valence-corrected chi connectivity index (χ2v) is 7.98. The Bertz CT molecular complexity index is 312. The average molecular weight is 294 g/mol. The van der Waals surface area contributed by atoms with E-state index in [1.165, 1.54) is 44.9 Å². The van der Waals surface area contributed by atoms with Gasteiger partial charge >= 0.3 is 0 Å². The highest BCUT2D eigenvalue weighted by Crippen LogP contribution is 2.31. The van der Waals surface area contributed by atoms with Gasteiger partial charge in [-0.2, -0.15) is 0 Å². The summed E-state index contributed by atoms with van der Waals surface area (Å²) >= 11 is 0. The molecule has 0 saturated carbocycles. The van der Waals surface area contributed by atoms with Crippen molar-refractivity contribution in [2.24, 2.45) is 5.41 Å². The number of rotatable bonds is 11. The van der Waals surface area contributed by atoms with E-state index in [2.05, 4.69) is 32.9 Å². The fourth-order valence-electron chi connectivity index (χ4n) is 2.85. The minimum atomic E-state index is 0.508. The Morgan fingerprint density at radius 1 is 0.905 bits per heavy atom. The number of hydrogen-bond acceptors (Lipinski definition) is 2. The number of hydrogen-bond donors (Lipinski definition) is 0. The maximum Gasteiger partial charge on any atom is 0.0876 e. The van der Waals surface area contributed by atoms with Gasteiger partial charge in [-0.1, -0.05) is 65.0 Å². The Kier molecular flexibility index (Phi) is 6.75. The molecule has 2 rings (SSSR count).